The molecule has 0 unspecified atom stereocenters. The molecule has 11 heavy (non-hydrogen) atoms. The van der Waals surface area contributed by atoms with Crippen molar-refractivity contribution in [1.29, 1.82) is 0 Å². The monoisotopic (exact) mass is 159 g/mol. The summed E-state index contributed by atoms with van der Waals surface area (Å²) in [5.41, 5.74) is 5.75. The molecule has 0 aromatic heterocycles. The van der Waals surface area contributed by atoms with Crippen molar-refractivity contribution < 1.29 is 9.50 Å². The van der Waals surface area contributed by atoms with Gasteiger partial charge in [0.05, 0.1) is 0 Å². The second kappa shape index (κ2) is 4.77. The van der Waals surface area contributed by atoms with E-state index in [1.54, 1.807) is 0 Å². The Morgan fingerprint density at radius 2 is 2.00 bits per heavy atom. The van der Waals surface area contributed by atoms with E-state index in [1.807, 2.05) is 13.8 Å². The topological polar surface area (TPSA) is 46.2 Å². The van der Waals surface area contributed by atoms with Crippen molar-refractivity contribution in [3.8, 4) is 0 Å². The molecule has 0 amide bonds. The maximum Gasteiger partial charge on any atom is 0.162 e. The van der Waals surface area contributed by atoms with Crippen molar-refractivity contribution >= 4 is 0 Å². The Morgan fingerprint density at radius 1 is 1.45 bits per heavy atom. The molecule has 0 atom stereocenters. The van der Waals surface area contributed by atoms with Gasteiger partial charge in [0.15, 0.2) is 5.83 Å². The minimum absolute atomic E-state index is 0.191. The molecule has 0 aromatic carbocycles. The Balaban J connectivity index is 0.000000461. The number of hydrogen-bond acceptors (Lipinski definition) is 2. The van der Waals surface area contributed by atoms with Crippen molar-refractivity contribution in [1.82, 2.24) is 0 Å². The quantitative estimate of drug-likeness (QED) is 0.570. The van der Waals surface area contributed by atoms with Crippen LogP contribution in [0.3, 0.4) is 0 Å². The lowest BCUT2D eigenvalue weighted by Crippen LogP contribution is -2.03. The van der Waals surface area contributed by atoms with Crippen LogP contribution in [-0.4, -0.2) is 5.11 Å². The molecule has 1 aliphatic carbocycles. The number of allylic oxidation sites excluding steroid dienone is 4. The number of aliphatic hydroxyl groups excluding tert-OH is 1. The lowest BCUT2D eigenvalue weighted by atomic mass is 10.1. The van der Waals surface area contributed by atoms with E-state index in [-0.39, 0.29) is 5.76 Å². The molecule has 0 spiro atoms. The third kappa shape index (κ3) is 3.07. The molecule has 0 aromatic rings. The van der Waals surface area contributed by atoms with Gasteiger partial charge in [0.25, 0.3) is 0 Å². The van der Waals surface area contributed by atoms with Crippen molar-refractivity contribution in [2.75, 3.05) is 0 Å². The SMILES string of the molecule is CC.NC1=CC(F)=C(O)CC1. The van der Waals surface area contributed by atoms with Gasteiger partial charge in [-0.15, -0.1) is 0 Å². The molecule has 0 fully saturated rings. The summed E-state index contributed by atoms with van der Waals surface area (Å²) in [4.78, 5) is 0. The molecule has 3 N–H and O–H groups in total. The van der Waals surface area contributed by atoms with E-state index in [4.69, 9.17) is 10.8 Å². The number of rotatable bonds is 0. The summed E-state index contributed by atoms with van der Waals surface area (Å²) in [6.07, 6.45) is 2.03. The average molecular weight is 159 g/mol. The maximum absolute atomic E-state index is 12.3. The number of hydrogen-bond donors (Lipinski definition) is 2. The van der Waals surface area contributed by atoms with Crippen molar-refractivity contribution in [2.45, 2.75) is 26.7 Å². The second-order valence-corrected chi connectivity index (χ2v) is 2.01. The zero-order chi connectivity index (χ0) is 8.85. The Hall–Kier alpha value is -0.990. The maximum atomic E-state index is 12.3. The summed E-state index contributed by atoms with van der Waals surface area (Å²) in [5.74, 6) is -0.789. The average Bonchev–Trinajstić information content (AvgIpc) is 2.02. The Kier molecular flexibility index (Phi) is 4.34. The molecule has 0 bridgehead atoms. The van der Waals surface area contributed by atoms with E-state index >= 15 is 0 Å². The molecule has 0 heterocycles. The highest BCUT2D eigenvalue weighted by Gasteiger charge is 2.08. The molecule has 0 saturated heterocycles. The summed E-state index contributed by atoms with van der Waals surface area (Å²) < 4.78 is 12.3. The van der Waals surface area contributed by atoms with Crippen LogP contribution >= 0.6 is 0 Å². The van der Waals surface area contributed by atoms with Crippen LogP contribution in [-0.2, 0) is 0 Å². The van der Waals surface area contributed by atoms with Gasteiger partial charge in [0.1, 0.15) is 5.76 Å². The van der Waals surface area contributed by atoms with Crippen LogP contribution in [0.1, 0.15) is 26.7 Å². The largest absolute Gasteiger partial charge is 0.509 e. The first-order chi connectivity index (χ1) is 5.20. The first kappa shape index (κ1) is 10.0. The van der Waals surface area contributed by atoms with E-state index in [0.717, 1.165) is 6.08 Å². The molecule has 1 aliphatic rings. The molecular formula is C8H14FNO. The number of nitrogens with two attached hydrogens (primary N) is 1. The second-order valence-electron chi connectivity index (χ2n) is 2.01. The highest BCUT2D eigenvalue weighted by atomic mass is 19.1. The van der Waals surface area contributed by atoms with E-state index in [2.05, 4.69) is 0 Å². The van der Waals surface area contributed by atoms with E-state index in [0.29, 0.717) is 18.5 Å². The molecule has 0 radical (unpaired) electrons. The standard InChI is InChI=1S/C6H8FNO.C2H6/c7-5-3-4(8)1-2-6(5)9;1-2/h3,9H,1-2,8H2;1-2H3. The van der Waals surface area contributed by atoms with Crippen LogP contribution in [0.15, 0.2) is 23.4 Å². The zero-order valence-corrected chi connectivity index (χ0v) is 6.89. The zero-order valence-electron chi connectivity index (χ0n) is 6.89. The molecule has 1 rings (SSSR count). The predicted octanol–water partition coefficient (Wildman–Crippen LogP) is 2.39. The summed E-state index contributed by atoms with van der Waals surface area (Å²) in [7, 11) is 0. The van der Waals surface area contributed by atoms with Crippen LogP contribution in [0.2, 0.25) is 0 Å². The fourth-order valence-electron chi connectivity index (χ4n) is 0.700. The lowest BCUT2D eigenvalue weighted by molar-refractivity contribution is 0.358. The van der Waals surface area contributed by atoms with Gasteiger partial charge < -0.3 is 10.8 Å². The Labute approximate surface area is 66.2 Å². The van der Waals surface area contributed by atoms with Gasteiger partial charge in [-0.25, -0.2) is 4.39 Å². The van der Waals surface area contributed by atoms with Gasteiger partial charge in [0.2, 0.25) is 0 Å². The Bertz CT molecular complexity index is 185. The van der Waals surface area contributed by atoms with Crippen molar-refractivity contribution in [3.05, 3.63) is 23.4 Å². The first-order valence-electron chi connectivity index (χ1n) is 3.74. The molecular weight excluding hydrogens is 145 g/mol. The van der Waals surface area contributed by atoms with E-state index in [9.17, 15) is 4.39 Å². The first-order valence-corrected chi connectivity index (χ1v) is 3.74. The summed E-state index contributed by atoms with van der Waals surface area (Å²) in [6.45, 7) is 4.00. The van der Waals surface area contributed by atoms with Gasteiger partial charge in [-0.3, -0.25) is 0 Å². The highest BCUT2D eigenvalue weighted by molar-refractivity contribution is 5.23. The summed E-state index contributed by atoms with van der Waals surface area (Å²) >= 11 is 0. The van der Waals surface area contributed by atoms with Gasteiger partial charge in [-0.05, 0) is 12.5 Å². The van der Waals surface area contributed by atoms with Gasteiger partial charge in [0, 0.05) is 12.1 Å². The fourth-order valence-corrected chi connectivity index (χ4v) is 0.700. The summed E-state index contributed by atoms with van der Waals surface area (Å²) in [6, 6.07) is 0. The van der Waals surface area contributed by atoms with Crippen LogP contribution in [0.5, 0.6) is 0 Å². The molecule has 0 saturated carbocycles. The normalized spacial score (nSPS) is 16.8. The summed E-state index contributed by atoms with van der Waals surface area (Å²) in [5, 5.41) is 8.70. The fraction of sp³-hybridized carbons (Fsp3) is 0.500. The smallest absolute Gasteiger partial charge is 0.162 e. The molecule has 3 heteroatoms. The van der Waals surface area contributed by atoms with E-state index in [1.165, 1.54) is 0 Å². The van der Waals surface area contributed by atoms with E-state index < -0.39 is 5.83 Å². The highest BCUT2D eigenvalue weighted by Crippen LogP contribution is 2.19. The minimum atomic E-state index is -0.598. The number of halogens is 1. The molecule has 2 nitrogen and oxygen atoms in total. The molecule has 0 aliphatic heterocycles. The van der Waals surface area contributed by atoms with Gasteiger partial charge in [-0.2, -0.15) is 0 Å². The van der Waals surface area contributed by atoms with Crippen LogP contribution in [0, 0.1) is 0 Å². The lowest BCUT2D eigenvalue weighted by Gasteiger charge is -2.06. The van der Waals surface area contributed by atoms with Gasteiger partial charge in [-0.1, -0.05) is 13.8 Å². The molecule has 64 valence electrons. The number of aliphatic hydroxyl groups is 1. The van der Waals surface area contributed by atoms with Crippen LogP contribution in [0.4, 0.5) is 4.39 Å². The third-order valence-electron chi connectivity index (χ3n) is 1.24. The Morgan fingerprint density at radius 3 is 2.36 bits per heavy atom. The van der Waals surface area contributed by atoms with Crippen molar-refractivity contribution in [3.63, 3.8) is 0 Å². The van der Waals surface area contributed by atoms with Crippen molar-refractivity contribution in [2.24, 2.45) is 5.73 Å². The minimum Gasteiger partial charge on any atom is -0.509 e. The predicted molar refractivity (Wildman–Crippen MR) is 43.6 cm³/mol. The third-order valence-corrected chi connectivity index (χ3v) is 1.24. The van der Waals surface area contributed by atoms with Crippen LogP contribution < -0.4 is 5.73 Å². The van der Waals surface area contributed by atoms with Gasteiger partial charge >= 0.3 is 0 Å². The van der Waals surface area contributed by atoms with Crippen LogP contribution in [0.25, 0.3) is 0 Å².